The van der Waals surface area contributed by atoms with Crippen molar-refractivity contribution in [2.45, 2.75) is 50.9 Å². The Hall–Kier alpha value is -1.50. The molecule has 1 saturated carbocycles. The topological polar surface area (TPSA) is 26.0 Å². The number of rotatable bonds is 2. The Morgan fingerprint density at radius 3 is 2.35 bits per heavy atom. The fourth-order valence-corrected chi connectivity index (χ4v) is 3.78. The first-order valence-electron chi connectivity index (χ1n) is 7.96. The van der Waals surface area contributed by atoms with Gasteiger partial charge in [-0.2, -0.15) is 0 Å². The lowest BCUT2D eigenvalue weighted by Crippen LogP contribution is -2.31. The molecule has 1 atom stereocenters. The summed E-state index contributed by atoms with van der Waals surface area (Å²) < 4.78 is 0. The van der Waals surface area contributed by atoms with Gasteiger partial charge >= 0.3 is 0 Å². The molecule has 1 unspecified atom stereocenters. The standard InChI is InChI=1S/C19H25N/c1-15-5-7-16(8-6-15)19(13-3-2-4-14-19)17-9-11-18(20)12-10-17/h5,7-12,15H,2-4,6,13-14,20H2,1H3. The van der Waals surface area contributed by atoms with Crippen molar-refractivity contribution >= 4 is 5.69 Å². The van der Waals surface area contributed by atoms with Gasteiger partial charge in [0.25, 0.3) is 0 Å². The maximum absolute atomic E-state index is 5.87. The predicted molar refractivity (Wildman–Crippen MR) is 86.6 cm³/mol. The van der Waals surface area contributed by atoms with Gasteiger partial charge in [0.1, 0.15) is 0 Å². The van der Waals surface area contributed by atoms with Crippen LogP contribution in [0, 0.1) is 5.92 Å². The zero-order chi connectivity index (χ0) is 14.0. The number of anilines is 1. The molecule has 20 heavy (non-hydrogen) atoms. The quantitative estimate of drug-likeness (QED) is 0.750. The second kappa shape index (κ2) is 5.47. The number of hydrogen-bond donors (Lipinski definition) is 1. The summed E-state index contributed by atoms with van der Waals surface area (Å²) in [7, 11) is 0. The van der Waals surface area contributed by atoms with E-state index in [-0.39, 0.29) is 5.41 Å². The number of allylic oxidation sites excluding steroid dienone is 4. The van der Waals surface area contributed by atoms with Crippen LogP contribution < -0.4 is 5.73 Å². The highest BCUT2D eigenvalue weighted by Gasteiger charge is 2.36. The van der Waals surface area contributed by atoms with Crippen LogP contribution in [0.25, 0.3) is 0 Å². The van der Waals surface area contributed by atoms with Gasteiger partial charge in [0.2, 0.25) is 0 Å². The third-order valence-corrected chi connectivity index (χ3v) is 5.04. The molecule has 1 aromatic rings. The number of hydrogen-bond acceptors (Lipinski definition) is 1. The van der Waals surface area contributed by atoms with Gasteiger partial charge in [0, 0.05) is 11.1 Å². The first-order chi connectivity index (χ1) is 9.71. The van der Waals surface area contributed by atoms with E-state index in [0.29, 0.717) is 5.92 Å². The van der Waals surface area contributed by atoms with Crippen LogP contribution >= 0.6 is 0 Å². The molecule has 106 valence electrons. The van der Waals surface area contributed by atoms with Crippen LogP contribution in [-0.4, -0.2) is 0 Å². The number of benzene rings is 1. The normalized spacial score (nSPS) is 25.2. The van der Waals surface area contributed by atoms with E-state index in [1.165, 1.54) is 44.1 Å². The lowest BCUT2D eigenvalue weighted by molar-refractivity contribution is 0.343. The van der Waals surface area contributed by atoms with Crippen LogP contribution in [0.5, 0.6) is 0 Å². The van der Waals surface area contributed by atoms with Crippen molar-refractivity contribution in [2.24, 2.45) is 5.92 Å². The average Bonchev–Trinajstić information content (AvgIpc) is 2.49. The lowest BCUT2D eigenvalue weighted by atomic mass is 9.63. The molecule has 0 amide bonds. The Morgan fingerprint density at radius 2 is 1.75 bits per heavy atom. The first kappa shape index (κ1) is 13.5. The molecule has 2 aliphatic carbocycles. The Labute approximate surface area is 122 Å². The molecule has 1 nitrogen and oxygen atoms in total. The fraction of sp³-hybridized carbons (Fsp3) is 0.474. The number of nitrogen functional groups attached to an aromatic ring is 1. The Kier molecular flexibility index (Phi) is 3.69. The zero-order valence-electron chi connectivity index (χ0n) is 12.4. The second-order valence-corrected chi connectivity index (χ2v) is 6.50. The van der Waals surface area contributed by atoms with Gasteiger partial charge in [-0.3, -0.25) is 0 Å². The largest absolute Gasteiger partial charge is 0.399 e. The summed E-state index contributed by atoms with van der Waals surface area (Å²) in [4.78, 5) is 0. The summed E-state index contributed by atoms with van der Waals surface area (Å²) in [5.41, 5.74) is 9.97. The summed E-state index contributed by atoms with van der Waals surface area (Å²) in [6.45, 7) is 2.29. The van der Waals surface area contributed by atoms with Gasteiger partial charge in [-0.1, -0.05) is 56.5 Å². The van der Waals surface area contributed by atoms with Crippen LogP contribution in [0.2, 0.25) is 0 Å². The van der Waals surface area contributed by atoms with Gasteiger partial charge in [0.05, 0.1) is 0 Å². The van der Waals surface area contributed by atoms with Crippen molar-refractivity contribution in [3.8, 4) is 0 Å². The van der Waals surface area contributed by atoms with Crippen LogP contribution in [-0.2, 0) is 5.41 Å². The highest BCUT2D eigenvalue weighted by Crippen LogP contribution is 2.46. The third-order valence-electron chi connectivity index (χ3n) is 5.04. The van der Waals surface area contributed by atoms with Crippen molar-refractivity contribution in [2.75, 3.05) is 5.73 Å². The minimum Gasteiger partial charge on any atom is -0.399 e. The van der Waals surface area contributed by atoms with Gasteiger partial charge in [-0.15, -0.1) is 0 Å². The molecule has 3 rings (SSSR count). The van der Waals surface area contributed by atoms with Crippen LogP contribution in [0.4, 0.5) is 5.69 Å². The maximum Gasteiger partial charge on any atom is 0.0314 e. The molecule has 2 N–H and O–H groups in total. The molecule has 0 aromatic heterocycles. The summed E-state index contributed by atoms with van der Waals surface area (Å²) in [5, 5.41) is 0. The van der Waals surface area contributed by atoms with Gasteiger partial charge in [-0.25, -0.2) is 0 Å². The molecule has 1 aromatic carbocycles. The van der Waals surface area contributed by atoms with E-state index >= 15 is 0 Å². The third kappa shape index (κ3) is 2.42. The van der Waals surface area contributed by atoms with Crippen LogP contribution in [0.1, 0.15) is 51.0 Å². The van der Waals surface area contributed by atoms with Crippen molar-refractivity contribution in [1.82, 2.24) is 0 Å². The van der Waals surface area contributed by atoms with Gasteiger partial charge in [0.15, 0.2) is 0 Å². The highest BCUT2D eigenvalue weighted by atomic mass is 14.5. The summed E-state index contributed by atoms with van der Waals surface area (Å²) in [6, 6.07) is 8.60. The van der Waals surface area contributed by atoms with Crippen LogP contribution in [0.3, 0.4) is 0 Å². The van der Waals surface area contributed by atoms with E-state index in [4.69, 9.17) is 5.73 Å². The molecule has 0 aliphatic heterocycles. The van der Waals surface area contributed by atoms with Crippen molar-refractivity contribution in [1.29, 1.82) is 0 Å². The van der Waals surface area contributed by atoms with E-state index in [1.54, 1.807) is 5.57 Å². The molecular formula is C19H25N. The van der Waals surface area contributed by atoms with Gasteiger partial charge in [-0.05, 0) is 48.4 Å². The van der Waals surface area contributed by atoms with E-state index < -0.39 is 0 Å². The first-order valence-corrected chi connectivity index (χ1v) is 7.96. The highest BCUT2D eigenvalue weighted by molar-refractivity contribution is 5.48. The van der Waals surface area contributed by atoms with E-state index in [1.807, 2.05) is 0 Å². The number of nitrogens with two attached hydrogens (primary N) is 1. The van der Waals surface area contributed by atoms with Gasteiger partial charge < -0.3 is 5.73 Å². The average molecular weight is 267 g/mol. The fourth-order valence-electron chi connectivity index (χ4n) is 3.78. The molecule has 2 aliphatic rings. The smallest absolute Gasteiger partial charge is 0.0314 e. The Balaban J connectivity index is 2.00. The molecule has 0 radical (unpaired) electrons. The Morgan fingerprint density at radius 1 is 1.05 bits per heavy atom. The summed E-state index contributed by atoms with van der Waals surface area (Å²) in [5.74, 6) is 0.686. The second-order valence-electron chi connectivity index (χ2n) is 6.50. The lowest BCUT2D eigenvalue weighted by Gasteiger charge is -2.40. The molecule has 1 heteroatoms. The summed E-state index contributed by atoms with van der Waals surface area (Å²) >= 11 is 0. The molecule has 0 spiro atoms. The van der Waals surface area contributed by atoms with E-state index in [9.17, 15) is 0 Å². The minimum absolute atomic E-state index is 0.239. The minimum atomic E-state index is 0.239. The zero-order valence-corrected chi connectivity index (χ0v) is 12.4. The monoisotopic (exact) mass is 267 g/mol. The Bertz CT molecular complexity index is 515. The van der Waals surface area contributed by atoms with Crippen LogP contribution in [0.15, 0.2) is 48.1 Å². The predicted octanol–water partition coefficient (Wildman–Crippen LogP) is 4.99. The van der Waals surface area contributed by atoms with Crippen molar-refractivity contribution in [3.63, 3.8) is 0 Å². The van der Waals surface area contributed by atoms with Crippen molar-refractivity contribution in [3.05, 3.63) is 53.6 Å². The molecule has 0 bridgehead atoms. The molecule has 1 fully saturated rings. The van der Waals surface area contributed by atoms with E-state index in [0.717, 1.165) is 5.69 Å². The maximum atomic E-state index is 5.87. The summed E-state index contributed by atoms with van der Waals surface area (Å²) in [6.07, 6.45) is 15.0. The molecule has 0 saturated heterocycles. The van der Waals surface area contributed by atoms with Crippen molar-refractivity contribution < 1.29 is 0 Å². The SMILES string of the molecule is CC1C=CC(C2(c3ccc(N)cc3)CCCCC2)=CC1. The van der Waals surface area contributed by atoms with E-state index in [2.05, 4.69) is 49.4 Å². The molecule has 0 heterocycles. The molecular weight excluding hydrogens is 242 g/mol.